The van der Waals surface area contributed by atoms with Gasteiger partial charge < -0.3 is 19.6 Å². The fraction of sp³-hybridized carbons (Fsp3) is 1.00. The van der Waals surface area contributed by atoms with Gasteiger partial charge in [0.2, 0.25) is 0 Å². The molecule has 2 atom stereocenters. The van der Waals surface area contributed by atoms with E-state index in [1.54, 1.807) is 0 Å². The average Bonchev–Trinajstić information content (AvgIpc) is 2.74. The molecule has 0 aliphatic rings. The van der Waals surface area contributed by atoms with E-state index in [1.165, 1.54) is 12.8 Å². The van der Waals surface area contributed by atoms with Crippen molar-refractivity contribution in [2.24, 2.45) is 0 Å². The summed E-state index contributed by atoms with van der Waals surface area (Å²) in [7, 11) is -21.7. The van der Waals surface area contributed by atoms with Crippen LogP contribution in [-0.2, 0) is 40.2 Å². The molecule has 0 aliphatic carbocycles. The van der Waals surface area contributed by atoms with Crippen LogP contribution in [0, 0.1) is 0 Å². The van der Waals surface area contributed by atoms with Crippen molar-refractivity contribution in [2.45, 2.75) is 117 Å². The van der Waals surface area contributed by atoms with Crippen molar-refractivity contribution >= 4 is 31.3 Å². The lowest BCUT2D eigenvalue weighted by molar-refractivity contribution is 0.133. The molecule has 0 rings (SSSR count). The molecular weight excluding hydrogens is 572 g/mol. The van der Waals surface area contributed by atoms with E-state index in [-0.39, 0.29) is 13.2 Å². The Morgan fingerprint density at radius 3 is 1.14 bits per heavy atom. The Hall–Kier alpha value is 0.560. The zero-order valence-corrected chi connectivity index (χ0v) is 25.6. The van der Waals surface area contributed by atoms with E-state index in [2.05, 4.69) is 26.8 Å². The predicted molar refractivity (Wildman–Crippen MR) is 140 cm³/mol. The van der Waals surface area contributed by atoms with E-state index in [0.29, 0.717) is 12.8 Å². The third kappa shape index (κ3) is 24.1. The second kappa shape index (κ2) is 20.4. The summed E-state index contributed by atoms with van der Waals surface area (Å²) in [5.74, 6) is 0. The van der Waals surface area contributed by atoms with E-state index in [4.69, 9.17) is 18.8 Å². The molecule has 0 heterocycles. The molecule has 0 amide bonds. The minimum Gasteiger partial charge on any atom is -0.302 e. The van der Waals surface area contributed by atoms with Gasteiger partial charge in [0.1, 0.15) is 0 Å². The number of phosphoric ester groups is 1. The van der Waals surface area contributed by atoms with Crippen LogP contribution in [0.5, 0.6) is 0 Å². The SMILES string of the molecule is CCCCCCCCCCOP(=O)(OCCCCCCCCCC)OP(=O)(O)OP(=O)(O)OP(=O)(O)O. The van der Waals surface area contributed by atoms with Gasteiger partial charge in [-0.1, -0.05) is 104 Å². The monoisotopic (exact) mass is 618 g/mol. The Kier molecular flexibility index (Phi) is 20.7. The second-order valence-corrected chi connectivity index (χ2v) is 15.0. The smallest absolute Gasteiger partial charge is 0.302 e. The van der Waals surface area contributed by atoms with Gasteiger partial charge in [-0.2, -0.15) is 12.9 Å². The molecule has 37 heavy (non-hydrogen) atoms. The molecule has 4 N–H and O–H groups in total. The molecule has 13 nitrogen and oxygen atoms in total. The summed E-state index contributed by atoms with van der Waals surface area (Å²) in [5, 5.41) is 0. The lowest BCUT2D eigenvalue weighted by Crippen LogP contribution is -2.04. The zero-order chi connectivity index (χ0) is 28.3. The summed E-state index contributed by atoms with van der Waals surface area (Å²) in [4.78, 5) is 36.4. The molecular formula is C20H46O13P4. The maximum Gasteiger partial charge on any atom is 0.490 e. The number of rotatable bonds is 26. The average molecular weight is 618 g/mol. The molecule has 0 bridgehead atoms. The lowest BCUT2D eigenvalue weighted by Gasteiger charge is -2.21. The highest BCUT2D eigenvalue weighted by Gasteiger charge is 2.46. The minimum absolute atomic E-state index is 0.139. The van der Waals surface area contributed by atoms with Crippen molar-refractivity contribution in [3.05, 3.63) is 0 Å². The fourth-order valence-electron chi connectivity index (χ4n) is 3.33. The Morgan fingerprint density at radius 1 is 0.459 bits per heavy atom. The number of hydrogen-bond acceptors (Lipinski definition) is 9. The van der Waals surface area contributed by atoms with Gasteiger partial charge in [0.25, 0.3) is 0 Å². The topological polar surface area (TPSA) is 195 Å². The van der Waals surface area contributed by atoms with Crippen LogP contribution in [-0.4, -0.2) is 32.8 Å². The second-order valence-electron chi connectivity index (χ2n) is 8.74. The maximum atomic E-state index is 13.0. The van der Waals surface area contributed by atoms with Crippen molar-refractivity contribution in [1.29, 1.82) is 0 Å². The van der Waals surface area contributed by atoms with Gasteiger partial charge in [-0.05, 0) is 12.8 Å². The van der Waals surface area contributed by atoms with Gasteiger partial charge in [-0.15, -0.1) is 0 Å². The van der Waals surface area contributed by atoms with Crippen LogP contribution in [0.25, 0.3) is 0 Å². The molecule has 2 unspecified atom stereocenters. The summed E-state index contributed by atoms with van der Waals surface area (Å²) >= 11 is 0. The number of hydrogen-bond donors (Lipinski definition) is 4. The van der Waals surface area contributed by atoms with Crippen molar-refractivity contribution in [2.75, 3.05) is 13.2 Å². The largest absolute Gasteiger partial charge is 0.490 e. The van der Waals surface area contributed by atoms with E-state index in [0.717, 1.165) is 77.0 Å². The highest BCUT2D eigenvalue weighted by Crippen LogP contribution is 2.71. The normalized spacial score (nSPS) is 15.9. The first-order chi connectivity index (χ1) is 17.2. The van der Waals surface area contributed by atoms with Crippen LogP contribution in [0.2, 0.25) is 0 Å². The maximum absolute atomic E-state index is 13.0. The van der Waals surface area contributed by atoms with Gasteiger partial charge in [0.15, 0.2) is 0 Å². The van der Waals surface area contributed by atoms with Crippen molar-refractivity contribution in [3.8, 4) is 0 Å². The Bertz CT molecular complexity index is 747. The molecule has 0 aliphatic heterocycles. The standard InChI is InChI=1S/C20H46O13P4/c1-3-5-7-9-11-13-15-17-19-29-37(28,30-20-18-16-14-12-10-8-6-4-2)33-36(26,27)32-35(24,25)31-34(21,22)23/h3-20H2,1-2H3,(H,24,25)(H,26,27)(H2,21,22,23). The summed E-state index contributed by atoms with van der Waals surface area (Å²) < 4.78 is 69.5. The summed E-state index contributed by atoms with van der Waals surface area (Å²) in [6.45, 7) is 3.99. The van der Waals surface area contributed by atoms with Crippen LogP contribution in [0.1, 0.15) is 117 Å². The van der Waals surface area contributed by atoms with Gasteiger partial charge in [-0.3, -0.25) is 9.05 Å². The first-order valence-corrected chi connectivity index (χ1v) is 19.0. The van der Waals surface area contributed by atoms with Gasteiger partial charge in [0.05, 0.1) is 13.2 Å². The zero-order valence-electron chi connectivity index (χ0n) is 22.0. The Morgan fingerprint density at radius 2 is 0.784 bits per heavy atom. The third-order valence-electron chi connectivity index (χ3n) is 5.11. The first kappa shape index (κ1) is 37.6. The summed E-state index contributed by atoms with van der Waals surface area (Å²) in [6.07, 6.45) is 15.5. The predicted octanol–water partition coefficient (Wildman–Crippen LogP) is 7.75. The highest BCUT2D eigenvalue weighted by atomic mass is 31.3. The third-order valence-corrected chi connectivity index (χ3v) is 11.1. The molecule has 224 valence electrons. The fourth-order valence-corrected chi connectivity index (χ4v) is 8.39. The molecule has 17 heteroatoms. The first-order valence-electron chi connectivity index (χ1n) is 13.0. The van der Waals surface area contributed by atoms with Crippen LogP contribution in [0.15, 0.2) is 0 Å². The van der Waals surface area contributed by atoms with Crippen LogP contribution in [0.4, 0.5) is 0 Å². The molecule has 0 saturated carbocycles. The van der Waals surface area contributed by atoms with Crippen molar-refractivity contribution in [3.63, 3.8) is 0 Å². The van der Waals surface area contributed by atoms with E-state index in [1.807, 2.05) is 0 Å². The molecule has 0 fully saturated rings. The molecule has 0 aromatic rings. The molecule has 0 aromatic carbocycles. The summed E-state index contributed by atoms with van der Waals surface area (Å²) in [6, 6.07) is 0. The van der Waals surface area contributed by atoms with Gasteiger partial charge >= 0.3 is 31.3 Å². The lowest BCUT2D eigenvalue weighted by atomic mass is 10.1. The van der Waals surface area contributed by atoms with Gasteiger partial charge in [-0.25, -0.2) is 18.3 Å². The number of phosphoric acid groups is 4. The molecule has 0 aromatic heterocycles. The van der Waals surface area contributed by atoms with Crippen molar-refractivity contribution < 1.29 is 59.8 Å². The summed E-state index contributed by atoms with van der Waals surface area (Å²) in [5.41, 5.74) is 0. The Labute approximate surface area is 221 Å². The van der Waals surface area contributed by atoms with Crippen molar-refractivity contribution in [1.82, 2.24) is 0 Å². The van der Waals surface area contributed by atoms with E-state index < -0.39 is 31.3 Å². The Balaban J connectivity index is 4.80. The minimum atomic E-state index is -5.76. The molecule has 0 saturated heterocycles. The van der Waals surface area contributed by atoms with E-state index in [9.17, 15) is 28.0 Å². The molecule has 0 spiro atoms. The van der Waals surface area contributed by atoms with Gasteiger partial charge in [0, 0.05) is 0 Å². The number of unbranched alkanes of at least 4 members (excludes halogenated alkanes) is 14. The van der Waals surface area contributed by atoms with Crippen LogP contribution >= 0.6 is 31.3 Å². The van der Waals surface area contributed by atoms with Crippen LogP contribution < -0.4 is 0 Å². The molecule has 0 radical (unpaired) electrons. The quantitative estimate of drug-likeness (QED) is 0.0543. The highest BCUT2D eigenvalue weighted by molar-refractivity contribution is 7.69. The van der Waals surface area contributed by atoms with Crippen LogP contribution in [0.3, 0.4) is 0 Å². The van der Waals surface area contributed by atoms with E-state index >= 15 is 0 Å².